The van der Waals surface area contributed by atoms with Crippen LogP contribution in [0.1, 0.15) is 16.1 Å². The van der Waals surface area contributed by atoms with E-state index < -0.39 is 0 Å². The monoisotopic (exact) mass is 393 g/mol. The summed E-state index contributed by atoms with van der Waals surface area (Å²) in [5, 5.41) is 9.12. The number of pyridine rings is 2. The molecule has 140 valence electrons. The number of nitrogens with zero attached hydrogens (tertiary/aromatic N) is 4. The van der Waals surface area contributed by atoms with E-state index in [0.717, 1.165) is 5.69 Å². The summed E-state index contributed by atoms with van der Waals surface area (Å²) in [7, 11) is 1.51. The highest BCUT2D eigenvalue weighted by atomic mass is 32.1. The fourth-order valence-corrected chi connectivity index (χ4v) is 3.38. The SMILES string of the molecule is COc1ncccc1-c1noc(C)c1C(=O)Nc1nc(-c2ccccn2)cs1. The smallest absolute Gasteiger partial charge is 0.263 e. The molecule has 0 aliphatic carbocycles. The molecule has 4 aromatic heterocycles. The van der Waals surface area contributed by atoms with Gasteiger partial charge >= 0.3 is 0 Å². The molecule has 0 aliphatic heterocycles. The summed E-state index contributed by atoms with van der Waals surface area (Å²) in [4.78, 5) is 25.8. The minimum Gasteiger partial charge on any atom is -0.481 e. The van der Waals surface area contributed by atoms with E-state index in [1.807, 2.05) is 23.6 Å². The van der Waals surface area contributed by atoms with Gasteiger partial charge in [0.05, 0.1) is 18.4 Å². The number of carbonyl (C=O) groups is 1. The van der Waals surface area contributed by atoms with Crippen molar-refractivity contribution in [2.24, 2.45) is 0 Å². The molecule has 0 fully saturated rings. The van der Waals surface area contributed by atoms with Gasteiger partial charge < -0.3 is 9.26 Å². The van der Waals surface area contributed by atoms with Crippen molar-refractivity contribution in [1.82, 2.24) is 20.1 Å². The summed E-state index contributed by atoms with van der Waals surface area (Å²) in [6, 6.07) is 9.08. The number of carbonyl (C=O) groups excluding carboxylic acids is 1. The number of rotatable bonds is 5. The second-order valence-electron chi connectivity index (χ2n) is 5.73. The summed E-state index contributed by atoms with van der Waals surface area (Å²) in [5.41, 5.74) is 2.67. The molecule has 8 nitrogen and oxygen atoms in total. The first-order valence-corrected chi connectivity index (χ1v) is 9.19. The number of nitrogens with one attached hydrogen (secondary N) is 1. The second-order valence-corrected chi connectivity index (χ2v) is 6.59. The summed E-state index contributed by atoms with van der Waals surface area (Å²) in [5.74, 6) is 0.373. The van der Waals surface area contributed by atoms with Gasteiger partial charge in [-0.3, -0.25) is 15.1 Å². The lowest BCUT2D eigenvalue weighted by molar-refractivity contribution is 0.102. The van der Waals surface area contributed by atoms with Crippen molar-refractivity contribution in [2.45, 2.75) is 6.92 Å². The molecular formula is C19H15N5O3S. The molecule has 28 heavy (non-hydrogen) atoms. The van der Waals surface area contributed by atoms with Gasteiger partial charge in [-0.05, 0) is 31.2 Å². The Morgan fingerprint density at radius 2 is 2.00 bits per heavy atom. The van der Waals surface area contributed by atoms with Gasteiger partial charge in [0.25, 0.3) is 5.91 Å². The molecular weight excluding hydrogens is 378 g/mol. The molecule has 0 saturated heterocycles. The summed E-state index contributed by atoms with van der Waals surface area (Å²) in [6.45, 7) is 1.68. The number of thiazole rings is 1. The Kier molecular flexibility index (Phi) is 4.81. The number of methoxy groups -OCH3 is 1. The Hall–Kier alpha value is -3.59. The molecule has 0 spiro atoms. The number of ether oxygens (including phenoxy) is 1. The van der Waals surface area contributed by atoms with E-state index in [2.05, 4.69) is 25.4 Å². The van der Waals surface area contributed by atoms with Crippen LogP contribution in [0.3, 0.4) is 0 Å². The Morgan fingerprint density at radius 1 is 1.14 bits per heavy atom. The average Bonchev–Trinajstić information content (AvgIpc) is 3.35. The lowest BCUT2D eigenvalue weighted by Crippen LogP contribution is -2.13. The van der Waals surface area contributed by atoms with Gasteiger partial charge in [0.2, 0.25) is 5.88 Å². The van der Waals surface area contributed by atoms with E-state index >= 15 is 0 Å². The molecule has 0 atom stereocenters. The van der Waals surface area contributed by atoms with E-state index in [9.17, 15) is 4.79 Å². The quantitative estimate of drug-likeness (QED) is 0.550. The van der Waals surface area contributed by atoms with Crippen LogP contribution in [0.25, 0.3) is 22.6 Å². The fraction of sp³-hybridized carbons (Fsp3) is 0.105. The molecule has 4 heterocycles. The zero-order chi connectivity index (χ0) is 19.5. The van der Waals surface area contributed by atoms with Crippen molar-refractivity contribution >= 4 is 22.4 Å². The van der Waals surface area contributed by atoms with Crippen LogP contribution in [0, 0.1) is 6.92 Å². The first-order chi connectivity index (χ1) is 13.7. The van der Waals surface area contributed by atoms with Crippen LogP contribution in [-0.4, -0.2) is 33.1 Å². The normalized spacial score (nSPS) is 10.6. The number of anilines is 1. The molecule has 9 heteroatoms. The predicted octanol–water partition coefficient (Wildman–Crippen LogP) is 3.82. The number of amides is 1. The minimum atomic E-state index is -0.374. The highest BCUT2D eigenvalue weighted by Crippen LogP contribution is 2.32. The molecule has 0 saturated carbocycles. The Morgan fingerprint density at radius 3 is 2.79 bits per heavy atom. The van der Waals surface area contributed by atoms with E-state index in [1.54, 1.807) is 31.5 Å². The maximum Gasteiger partial charge on any atom is 0.263 e. The van der Waals surface area contributed by atoms with Gasteiger partial charge in [-0.1, -0.05) is 11.2 Å². The highest BCUT2D eigenvalue weighted by molar-refractivity contribution is 7.14. The predicted molar refractivity (Wildman–Crippen MR) is 104 cm³/mol. The zero-order valence-corrected chi connectivity index (χ0v) is 15.9. The van der Waals surface area contributed by atoms with E-state index in [1.165, 1.54) is 18.4 Å². The summed E-state index contributed by atoms with van der Waals surface area (Å²) < 4.78 is 10.5. The lowest BCUT2D eigenvalue weighted by atomic mass is 10.1. The van der Waals surface area contributed by atoms with Gasteiger partial charge in [-0.2, -0.15) is 0 Å². The van der Waals surface area contributed by atoms with Crippen molar-refractivity contribution in [3.8, 4) is 28.5 Å². The fourth-order valence-electron chi connectivity index (χ4n) is 2.68. The van der Waals surface area contributed by atoms with Crippen LogP contribution in [0.5, 0.6) is 5.88 Å². The van der Waals surface area contributed by atoms with E-state index in [0.29, 0.717) is 39.3 Å². The molecule has 0 bridgehead atoms. The van der Waals surface area contributed by atoms with Crippen molar-refractivity contribution in [3.05, 3.63) is 59.4 Å². The molecule has 1 N–H and O–H groups in total. The van der Waals surface area contributed by atoms with Gasteiger partial charge in [-0.15, -0.1) is 11.3 Å². The molecule has 0 aliphatic rings. The van der Waals surface area contributed by atoms with Gasteiger partial charge in [0.1, 0.15) is 22.7 Å². The maximum atomic E-state index is 12.9. The first-order valence-electron chi connectivity index (χ1n) is 8.31. The molecule has 1 amide bonds. The number of aromatic nitrogens is 4. The van der Waals surface area contributed by atoms with Crippen LogP contribution < -0.4 is 10.1 Å². The molecule has 0 unspecified atom stereocenters. The standard InChI is InChI=1S/C19H15N5O3S/c1-11-15(16(24-27-11)12-6-5-9-21-18(12)26-2)17(25)23-19-22-14(10-28-19)13-7-3-4-8-20-13/h3-10H,1-2H3,(H,22,23,25). The lowest BCUT2D eigenvalue weighted by Gasteiger charge is -2.06. The first kappa shape index (κ1) is 17.8. The number of hydrogen-bond donors (Lipinski definition) is 1. The van der Waals surface area contributed by atoms with Gasteiger partial charge in [0.15, 0.2) is 5.13 Å². The Bertz CT molecular complexity index is 1120. The molecule has 4 rings (SSSR count). The third kappa shape index (κ3) is 3.35. The van der Waals surface area contributed by atoms with Crippen molar-refractivity contribution in [2.75, 3.05) is 12.4 Å². The third-order valence-electron chi connectivity index (χ3n) is 3.96. The molecule has 0 aromatic carbocycles. The van der Waals surface area contributed by atoms with Crippen LogP contribution >= 0.6 is 11.3 Å². The van der Waals surface area contributed by atoms with Crippen molar-refractivity contribution in [3.63, 3.8) is 0 Å². The van der Waals surface area contributed by atoms with Crippen molar-refractivity contribution in [1.29, 1.82) is 0 Å². The molecule has 0 radical (unpaired) electrons. The van der Waals surface area contributed by atoms with Gasteiger partial charge in [0, 0.05) is 17.8 Å². The van der Waals surface area contributed by atoms with E-state index in [4.69, 9.17) is 9.26 Å². The van der Waals surface area contributed by atoms with Crippen LogP contribution in [0.15, 0.2) is 52.6 Å². The topological polar surface area (TPSA) is 103 Å². The molecule has 4 aromatic rings. The Labute approximate surface area is 164 Å². The van der Waals surface area contributed by atoms with E-state index in [-0.39, 0.29) is 5.91 Å². The zero-order valence-electron chi connectivity index (χ0n) is 15.0. The van der Waals surface area contributed by atoms with Crippen molar-refractivity contribution < 1.29 is 14.1 Å². The van der Waals surface area contributed by atoms with Gasteiger partial charge in [-0.25, -0.2) is 9.97 Å². The maximum absolute atomic E-state index is 12.9. The second kappa shape index (κ2) is 7.57. The summed E-state index contributed by atoms with van der Waals surface area (Å²) in [6.07, 6.45) is 3.30. The van der Waals surface area contributed by atoms with Crippen LogP contribution in [0.2, 0.25) is 0 Å². The largest absolute Gasteiger partial charge is 0.481 e. The number of aryl methyl sites for hydroxylation is 1. The highest BCUT2D eigenvalue weighted by Gasteiger charge is 2.25. The van der Waals surface area contributed by atoms with Crippen LogP contribution in [-0.2, 0) is 0 Å². The third-order valence-corrected chi connectivity index (χ3v) is 4.72. The van der Waals surface area contributed by atoms with Crippen LogP contribution in [0.4, 0.5) is 5.13 Å². The average molecular weight is 393 g/mol. The number of hydrogen-bond acceptors (Lipinski definition) is 8. The summed E-state index contributed by atoms with van der Waals surface area (Å²) >= 11 is 1.31. The minimum absolute atomic E-state index is 0.306. The Balaban J connectivity index is 1.63.